The highest BCUT2D eigenvalue weighted by atomic mass is 16.5. The first-order chi connectivity index (χ1) is 8.97. The van der Waals surface area contributed by atoms with E-state index in [0.717, 1.165) is 16.9 Å². The first kappa shape index (κ1) is 15.3. The topological polar surface area (TPSA) is 68.3 Å². The van der Waals surface area contributed by atoms with Crippen molar-refractivity contribution in [2.24, 2.45) is 17.6 Å². The summed E-state index contributed by atoms with van der Waals surface area (Å²) >= 11 is 0. The van der Waals surface area contributed by atoms with Crippen LogP contribution < -0.4 is 15.2 Å². The summed E-state index contributed by atoms with van der Waals surface area (Å²) in [5.41, 5.74) is 7.99. The average Bonchev–Trinajstić information content (AvgIpc) is 2.38. The van der Waals surface area contributed by atoms with Crippen LogP contribution in [0.15, 0.2) is 12.1 Å². The zero-order chi connectivity index (χ0) is 14.6. The van der Waals surface area contributed by atoms with Crippen molar-refractivity contribution < 1.29 is 9.47 Å². The molecule has 4 heteroatoms. The number of nitrogens with two attached hydrogens (primary N) is 1. The van der Waals surface area contributed by atoms with Gasteiger partial charge in [0.05, 0.1) is 26.2 Å². The molecule has 104 valence electrons. The number of methoxy groups -OCH3 is 2. The Kier molecular flexibility index (Phi) is 5.20. The summed E-state index contributed by atoms with van der Waals surface area (Å²) in [6, 6.07) is 5.66. The second-order valence-electron chi connectivity index (χ2n) is 4.94. The van der Waals surface area contributed by atoms with Crippen LogP contribution in [0.5, 0.6) is 11.5 Å². The lowest BCUT2D eigenvalue weighted by Crippen LogP contribution is -2.25. The SMILES string of the molecule is COc1ccc(C(N)C(C#N)C(C)C)c(OC)c1C. The highest BCUT2D eigenvalue weighted by Crippen LogP contribution is 2.37. The molecule has 0 saturated carbocycles. The molecule has 0 aliphatic heterocycles. The molecule has 1 aromatic carbocycles. The van der Waals surface area contributed by atoms with E-state index in [1.165, 1.54) is 0 Å². The van der Waals surface area contributed by atoms with E-state index in [-0.39, 0.29) is 17.9 Å². The minimum atomic E-state index is -0.371. The number of benzene rings is 1. The summed E-state index contributed by atoms with van der Waals surface area (Å²) in [6.07, 6.45) is 0. The molecule has 0 heterocycles. The molecule has 2 atom stereocenters. The van der Waals surface area contributed by atoms with E-state index in [1.54, 1.807) is 14.2 Å². The van der Waals surface area contributed by atoms with Crippen molar-refractivity contribution in [1.82, 2.24) is 0 Å². The van der Waals surface area contributed by atoms with Crippen LogP contribution in [0.3, 0.4) is 0 Å². The molecule has 4 nitrogen and oxygen atoms in total. The second-order valence-corrected chi connectivity index (χ2v) is 4.94. The first-order valence-corrected chi connectivity index (χ1v) is 6.34. The molecule has 0 spiro atoms. The fourth-order valence-corrected chi connectivity index (χ4v) is 2.29. The van der Waals surface area contributed by atoms with E-state index in [9.17, 15) is 5.26 Å². The van der Waals surface area contributed by atoms with Crippen LogP contribution in [0, 0.1) is 30.1 Å². The molecule has 0 aliphatic rings. The van der Waals surface area contributed by atoms with Gasteiger partial charge in [0.15, 0.2) is 0 Å². The van der Waals surface area contributed by atoms with E-state index in [2.05, 4.69) is 6.07 Å². The number of rotatable bonds is 5. The molecule has 0 aliphatic carbocycles. The quantitative estimate of drug-likeness (QED) is 0.886. The lowest BCUT2D eigenvalue weighted by atomic mass is 9.85. The predicted octanol–water partition coefficient (Wildman–Crippen LogP) is 2.81. The number of hydrogen-bond donors (Lipinski definition) is 1. The summed E-state index contributed by atoms with van der Waals surface area (Å²) in [6.45, 7) is 5.91. The third kappa shape index (κ3) is 2.99. The third-order valence-corrected chi connectivity index (χ3v) is 3.42. The van der Waals surface area contributed by atoms with Gasteiger partial charge in [-0.25, -0.2) is 0 Å². The van der Waals surface area contributed by atoms with Crippen molar-refractivity contribution in [3.8, 4) is 17.6 Å². The van der Waals surface area contributed by atoms with Gasteiger partial charge in [-0.1, -0.05) is 19.9 Å². The van der Waals surface area contributed by atoms with E-state index < -0.39 is 0 Å². The summed E-state index contributed by atoms with van der Waals surface area (Å²) in [5.74, 6) is 1.40. The van der Waals surface area contributed by atoms with Crippen molar-refractivity contribution in [3.63, 3.8) is 0 Å². The van der Waals surface area contributed by atoms with Gasteiger partial charge in [-0.15, -0.1) is 0 Å². The van der Waals surface area contributed by atoms with Crippen molar-refractivity contribution in [2.75, 3.05) is 14.2 Å². The normalized spacial score (nSPS) is 13.8. The zero-order valence-corrected chi connectivity index (χ0v) is 12.2. The largest absolute Gasteiger partial charge is 0.496 e. The van der Waals surface area contributed by atoms with Crippen molar-refractivity contribution in [3.05, 3.63) is 23.3 Å². The highest BCUT2D eigenvalue weighted by molar-refractivity contribution is 5.50. The number of nitrogens with zero attached hydrogens (tertiary/aromatic N) is 1. The molecule has 0 fully saturated rings. The molecule has 1 rings (SSSR count). The van der Waals surface area contributed by atoms with Crippen LogP contribution in [0.2, 0.25) is 0 Å². The molecule has 0 bridgehead atoms. The van der Waals surface area contributed by atoms with Gasteiger partial charge in [0, 0.05) is 17.2 Å². The summed E-state index contributed by atoms with van der Waals surface area (Å²) in [7, 11) is 3.22. The van der Waals surface area contributed by atoms with Gasteiger partial charge in [0.1, 0.15) is 11.5 Å². The first-order valence-electron chi connectivity index (χ1n) is 6.34. The van der Waals surface area contributed by atoms with E-state index >= 15 is 0 Å². The van der Waals surface area contributed by atoms with Crippen LogP contribution in [0.25, 0.3) is 0 Å². The van der Waals surface area contributed by atoms with E-state index in [1.807, 2.05) is 32.9 Å². The van der Waals surface area contributed by atoms with E-state index in [4.69, 9.17) is 15.2 Å². The van der Waals surface area contributed by atoms with Crippen LogP contribution in [-0.2, 0) is 0 Å². The van der Waals surface area contributed by atoms with Gasteiger partial charge in [-0.05, 0) is 18.9 Å². The zero-order valence-electron chi connectivity index (χ0n) is 12.2. The molecule has 0 aromatic heterocycles. The van der Waals surface area contributed by atoms with Crippen LogP contribution >= 0.6 is 0 Å². The minimum absolute atomic E-state index is 0.187. The second kappa shape index (κ2) is 6.44. The Morgan fingerprint density at radius 3 is 2.26 bits per heavy atom. The molecule has 0 saturated heterocycles. The molecule has 2 unspecified atom stereocenters. The average molecular weight is 262 g/mol. The molecule has 0 radical (unpaired) electrons. The minimum Gasteiger partial charge on any atom is -0.496 e. The Labute approximate surface area is 115 Å². The maximum atomic E-state index is 9.27. The smallest absolute Gasteiger partial charge is 0.130 e. The Morgan fingerprint density at radius 2 is 1.84 bits per heavy atom. The van der Waals surface area contributed by atoms with Crippen LogP contribution in [0.4, 0.5) is 0 Å². The Hall–Kier alpha value is -1.73. The lowest BCUT2D eigenvalue weighted by Gasteiger charge is -2.24. The van der Waals surface area contributed by atoms with Crippen molar-refractivity contribution in [2.45, 2.75) is 26.8 Å². The Balaban J connectivity index is 3.28. The van der Waals surface area contributed by atoms with Gasteiger partial charge in [0.25, 0.3) is 0 Å². The van der Waals surface area contributed by atoms with Crippen LogP contribution in [0.1, 0.15) is 31.0 Å². The Bertz CT molecular complexity index is 478. The van der Waals surface area contributed by atoms with Gasteiger partial charge < -0.3 is 15.2 Å². The van der Waals surface area contributed by atoms with Crippen molar-refractivity contribution in [1.29, 1.82) is 5.26 Å². The molecular formula is C15H22N2O2. The standard InChI is InChI=1S/C15H22N2O2/c1-9(2)12(8-16)14(17)11-6-7-13(18-4)10(3)15(11)19-5/h6-7,9,12,14H,17H2,1-5H3. The number of ether oxygens (including phenoxy) is 2. The molecular weight excluding hydrogens is 240 g/mol. The lowest BCUT2D eigenvalue weighted by molar-refractivity contribution is 0.363. The molecule has 1 aromatic rings. The highest BCUT2D eigenvalue weighted by Gasteiger charge is 2.26. The number of nitriles is 1. The Morgan fingerprint density at radius 1 is 1.21 bits per heavy atom. The molecule has 19 heavy (non-hydrogen) atoms. The van der Waals surface area contributed by atoms with Gasteiger partial charge >= 0.3 is 0 Å². The summed E-state index contributed by atoms with van der Waals surface area (Å²) < 4.78 is 10.7. The predicted molar refractivity (Wildman–Crippen MR) is 75.2 cm³/mol. The summed E-state index contributed by atoms with van der Waals surface area (Å²) in [4.78, 5) is 0. The van der Waals surface area contributed by atoms with Gasteiger partial charge in [0.2, 0.25) is 0 Å². The summed E-state index contributed by atoms with van der Waals surface area (Å²) in [5, 5.41) is 9.27. The maximum absolute atomic E-state index is 9.27. The van der Waals surface area contributed by atoms with Gasteiger partial charge in [-0.2, -0.15) is 5.26 Å². The molecule has 0 amide bonds. The van der Waals surface area contributed by atoms with Crippen molar-refractivity contribution >= 4 is 0 Å². The fraction of sp³-hybridized carbons (Fsp3) is 0.533. The fourth-order valence-electron chi connectivity index (χ4n) is 2.29. The van der Waals surface area contributed by atoms with E-state index in [0.29, 0.717) is 5.75 Å². The molecule has 2 N–H and O–H groups in total. The third-order valence-electron chi connectivity index (χ3n) is 3.42. The van der Waals surface area contributed by atoms with Gasteiger partial charge in [-0.3, -0.25) is 0 Å². The maximum Gasteiger partial charge on any atom is 0.130 e. The number of hydrogen-bond acceptors (Lipinski definition) is 4. The monoisotopic (exact) mass is 262 g/mol. The van der Waals surface area contributed by atoms with Crippen LogP contribution in [-0.4, -0.2) is 14.2 Å².